The van der Waals surface area contributed by atoms with Crippen LogP contribution in [-0.2, 0) is 22.4 Å². The standard InChI is InChI=1S/C19H21FN2O2/c20-16-10-4-9-15(12-16)13-18(23)22-17(19(21)24)11-5-8-14-6-2-1-3-7-14/h1-4,6-7,9-10,12,17H,5,8,11,13H2,(H2,21,24)(H,22,23)/t17-/m1/s1. The van der Waals surface area contributed by atoms with E-state index in [9.17, 15) is 14.0 Å². The topological polar surface area (TPSA) is 72.2 Å². The molecule has 3 N–H and O–H groups in total. The zero-order chi connectivity index (χ0) is 17.4. The predicted molar refractivity (Wildman–Crippen MR) is 90.6 cm³/mol. The summed E-state index contributed by atoms with van der Waals surface area (Å²) in [6.07, 6.45) is 2.03. The number of carbonyl (C=O) groups is 2. The van der Waals surface area contributed by atoms with Crippen LogP contribution in [0.1, 0.15) is 24.0 Å². The maximum absolute atomic E-state index is 13.1. The molecule has 0 saturated carbocycles. The Kier molecular flexibility index (Phi) is 6.49. The Hall–Kier alpha value is -2.69. The van der Waals surface area contributed by atoms with Gasteiger partial charge in [-0.25, -0.2) is 4.39 Å². The van der Waals surface area contributed by atoms with Crippen molar-refractivity contribution in [3.8, 4) is 0 Å². The third kappa shape index (κ3) is 5.83. The van der Waals surface area contributed by atoms with Crippen LogP contribution in [0.25, 0.3) is 0 Å². The van der Waals surface area contributed by atoms with Gasteiger partial charge in [-0.1, -0.05) is 42.5 Å². The van der Waals surface area contributed by atoms with Crippen molar-refractivity contribution in [2.45, 2.75) is 31.7 Å². The van der Waals surface area contributed by atoms with E-state index in [0.29, 0.717) is 12.0 Å². The lowest BCUT2D eigenvalue weighted by atomic mass is 10.0. The molecule has 2 rings (SSSR count). The molecule has 2 amide bonds. The zero-order valence-corrected chi connectivity index (χ0v) is 13.4. The van der Waals surface area contributed by atoms with Crippen LogP contribution in [0.5, 0.6) is 0 Å². The average molecular weight is 328 g/mol. The van der Waals surface area contributed by atoms with Gasteiger partial charge in [0.05, 0.1) is 6.42 Å². The highest BCUT2D eigenvalue weighted by atomic mass is 19.1. The first-order valence-electron chi connectivity index (χ1n) is 7.91. The Morgan fingerprint density at radius 3 is 2.42 bits per heavy atom. The van der Waals surface area contributed by atoms with Crippen molar-refractivity contribution in [1.82, 2.24) is 5.32 Å². The monoisotopic (exact) mass is 328 g/mol. The molecule has 0 aliphatic carbocycles. The van der Waals surface area contributed by atoms with Gasteiger partial charge in [-0.05, 0) is 42.5 Å². The van der Waals surface area contributed by atoms with E-state index in [-0.39, 0.29) is 12.3 Å². The van der Waals surface area contributed by atoms with E-state index in [1.165, 1.54) is 17.7 Å². The summed E-state index contributed by atoms with van der Waals surface area (Å²) in [7, 11) is 0. The molecule has 0 fully saturated rings. The van der Waals surface area contributed by atoms with Gasteiger partial charge in [-0.15, -0.1) is 0 Å². The zero-order valence-electron chi connectivity index (χ0n) is 13.4. The molecule has 0 aromatic heterocycles. The molecule has 0 heterocycles. The molecular formula is C19H21FN2O2. The molecule has 0 saturated heterocycles. The van der Waals surface area contributed by atoms with Gasteiger partial charge in [0.15, 0.2) is 0 Å². The average Bonchev–Trinajstić information content (AvgIpc) is 2.54. The normalized spacial score (nSPS) is 11.7. The first kappa shape index (κ1) is 17.7. The fraction of sp³-hybridized carbons (Fsp3) is 0.263. The van der Waals surface area contributed by atoms with Gasteiger partial charge in [0.2, 0.25) is 11.8 Å². The number of benzene rings is 2. The van der Waals surface area contributed by atoms with Crippen LogP contribution in [0, 0.1) is 5.82 Å². The summed E-state index contributed by atoms with van der Waals surface area (Å²) < 4.78 is 13.1. The minimum Gasteiger partial charge on any atom is -0.368 e. The summed E-state index contributed by atoms with van der Waals surface area (Å²) in [5, 5.41) is 2.63. The van der Waals surface area contributed by atoms with Gasteiger partial charge >= 0.3 is 0 Å². The van der Waals surface area contributed by atoms with Crippen LogP contribution < -0.4 is 11.1 Å². The fourth-order valence-corrected chi connectivity index (χ4v) is 2.52. The SMILES string of the molecule is NC(=O)[C@@H](CCCc1ccccc1)NC(=O)Cc1cccc(F)c1. The van der Waals surface area contributed by atoms with Crippen LogP contribution in [0.2, 0.25) is 0 Å². The molecule has 126 valence electrons. The molecule has 0 unspecified atom stereocenters. The Balaban J connectivity index is 1.84. The Morgan fingerprint density at radius 2 is 1.75 bits per heavy atom. The molecule has 0 aliphatic rings. The number of carbonyl (C=O) groups excluding carboxylic acids is 2. The Labute approximate surface area is 140 Å². The highest BCUT2D eigenvalue weighted by Crippen LogP contribution is 2.08. The molecule has 0 radical (unpaired) electrons. The number of rotatable bonds is 8. The van der Waals surface area contributed by atoms with Gasteiger partial charge in [-0.3, -0.25) is 9.59 Å². The van der Waals surface area contributed by atoms with Crippen molar-refractivity contribution in [2.24, 2.45) is 5.73 Å². The molecule has 0 spiro atoms. The second-order valence-electron chi connectivity index (χ2n) is 5.71. The molecule has 2 aromatic carbocycles. The van der Waals surface area contributed by atoms with E-state index in [2.05, 4.69) is 5.32 Å². The highest BCUT2D eigenvalue weighted by molar-refractivity contribution is 5.87. The maximum Gasteiger partial charge on any atom is 0.239 e. The Bertz CT molecular complexity index is 689. The minimum absolute atomic E-state index is 0.0141. The highest BCUT2D eigenvalue weighted by Gasteiger charge is 2.17. The lowest BCUT2D eigenvalue weighted by molar-refractivity contribution is -0.127. The fourth-order valence-electron chi connectivity index (χ4n) is 2.52. The molecule has 4 nitrogen and oxygen atoms in total. The van der Waals surface area contributed by atoms with Crippen molar-refractivity contribution in [1.29, 1.82) is 0 Å². The van der Waals surface area contributed by atoms with Gasteiger partial charge in [-0.2, -0.15) is 0 Å². The largest absolute Gasteiger partial charge is 0.368 e. The first-order valence-corrected chi connectivity index (χ1v) is 7.91. The van der Waals surface area contributed by atoms with Crippen LogP contribution in [0.3, 0.4) is 0 Å². The minimum atomic E-state index is -0.713. The number of halogens is 1. The van der Waals surface area contributed by atoms with Crippen molar-refractivity contribution in [3.63, 3.8) is 0 Å². The van der Waals surface area contributed by atoms with E-state index in [1.54, 1.807) is 12.1 Å². The number of nitrogens with two attached hydrogens (primary N) is 1. The van der Waals surface area contributed by atoms with Crippen LogP contribution in [-0.4, -0.2) is 17.9 Å². The van der Waals surface area contributed by atoms with Crippen LogP contribution in [0.4, 0.5) is 4.39 Å². The second kappa shape index (κ2) is 8.82. The van der Waals surface area contributed by atoms with Gasteiger partial charge in [0.1, 0.15) is 11.9 Å². The maximum atomic E-state index is 13.1. The first-order chi connectivity index (χ1) is 11.5. The van der Waals surface area contributed by atoms with E-state index in [1.807, 2.05) is 30.3 Å². The third-order valence-electron chi connectivity index (χ3n) is 3.73. The molecular weight excluding hydrogens is 307 g/mol. The molecule has 1 atom stereocenters. The quantitative estimate of drug-likeness (QED) is 0.781. The molecule has 2 aromatic rings. The van der Waals surface area contributed by atoms with E-state index < -0.39 is 17.8 Å². The van der Waals surface area contributed by atoms with E-state index in [0.717, 1.165) is 12.8 Å². The molecule has 24 heavy (non-hydrogen) atoms. The van der Waals surface area contributed by atoms with Crippen LogP contribution >= 0.6 is 0 Å². The number of hydrogen-bond acceptors (Lipinski definition) is 2. The summed E-state index contributed by atoms with van der Waals surface area (Å²) in [4.78, 5) is 23.6. The molecule has 0 aliphatic heterocycles. The molecule has 0 bridgehead atoms. The number of nitrogens with one attached hydrogen (secondary N) is 1. The van der Waals surface area contributed by atoms with E-state index >= 15 is 0 Å². The number of aryl methyl sites for hydroxylation is 1. The number of hydrogen-bond donors (Lipinski definition) is 2. The smallest absolute Gasteiger partial charge is 0.239 e. The van der Waals surface area contributed by atoms with Gasteiger partial charge < -0.3 is 11.1 Å². The van der Waals surface area contributed by atoms with Crippen molar-refractivity contribution in [3.05, 3.63) is 71.5 Å². The third-order valence-corrected chi connectivity index (χ3v) is 3.73. The Morgan fingerprint density at radius 1 is 1.04 bits per heavy atom. The van der Waals surface area contributed by atoms with Gasteiger partial charge in [0, 0.05) is 0 Å². The lowest BCUT2D eigenvalue weighted by Crippen LogP contribution is -2.45. The predicted octanol–water partition coefficient (Wildman–Crippen LogP) is 2.36. The van der Waals surface area contributed by atoms with Crippen LogP contribution in [0.15, 0.2) is 54.6 Å². The second-order valence-corrected chi connectivity index (χ2v) is 5.71. The summed E-state index contributed by atoms with van der Waals surface area (Å²) in [6.45, 7) is 0. The van der Waals surface area contributed by atoms with Crippen molar-refractivity contribution in [2.75, 3.05) is 0 Å². The van der Waals surface area contributed by atoms with Crippen molar-refractivity contribution < 1.29 is 14.0 Å². The number of amides is 2. The molecule has 5 heteroatoms. The van der Waals surface area contributed by atoms with Crippen molar-refractivity contribution >= 4 is 11.8 Å². The van der Waals surface area contributed by atoms with Gasteiger partial charge in [0.25, 0.3) is 0 Å². The summed E-state index contributed by atoms with van der Waals surface area (Å²) in [5.41, 5.74) is 7.10. The summed E-state index contributed by atoms with van der Waals surface area (Å²) >= 11 is 0. The van der Waals surface area contributed by atoms with E-state index in [4.69, 9.17) is 5.73 Å². The number of primary amides is 1. The summed E-state index contributed by atoms with van der Waals surface area (Å²) in [5.74, 6) is -1.30. The summed E-state index contributed by atoms with van der Waals surface area (Å²) in [6, 6.07) is 15.0. The lowest BCUT2D eigenvalue weighted by Gasteiger charge is -2.15.